The second-order valence-electron chi connectivity index (χ2n) is 6.51. The average Bonchev–Trinajstić information content (AvgIpc) is 2.67. The number of nitrogens with zero attached hydrogens (tertiary/aromatic N) is 1. The number of hydrogen-bond donors (Lipinski definition) is 2. The van der Waals surface area contributed by atoms with Crippen LogP contribution in [0.3, 0.4) is 0 Å². The van der Waals surface area contributed by atoms with Crippen LogP contribution < -0.4 is 20.1 Å². The number of benzene rings is 2. The summed E-state index contributed by atoms with van der Waals surface area (Å²) in [6, 6.07) is 12.2. The van der Waals surface area contributed by atoms with E-state index in [2.05, 4.69) is 10.6 Å². The topological polar surface area (TPSA) is 79.9 Å². The lowest BCUT2D eigenvalue weighted by Gasteiger charge is -2.14. The molecule has 0 aliphatic carbocycles. The van der Waals surface area contributed by atoms with Crippen molar-refractivity contribution in [2.45, 2.75) is 6.42 Å². The van der Waals surface area contributed by atoms with Crippen LogP contribution in [-0.4, -0.2) is 58.1 Å². The summed E-state index contributed by atoms with van der Waals surface area (Å²) in [6.07, 6.45) is 0.0942. The van der Waals surface area contributed by atoms with Gasteiger partial charge in [0.25, 0.3) is 5.91 Å². The molecule has 0 aromatic heterocycles. The lowest BCUT2D eigenvalue weighted by molar-refractivity contribution is -0.115. The molecule has 0 unspecified atom stereocenters. The van der Waals surface area contributed by atoms with Gasteiger partial charge in [-0.1, -0.05) is 12.1 Å². The average molecular weight is 385 g/mol. The van der Waals surface area contributed by atoms with Crippen molar-refractivity contribution in [2.24, 2.45) is 0 Å². The van der Waals surface area contributed by atoms with Gasteiger partial charge in [0.15, 0.2) is 0 Å². The molecule has 28 heavy (non-hydrogen) atoms. The zero-order valence-corrected chi connectivity index (χ0v) is 16.7. The molecule has 2 N–H and O–H groups in total. The second-order valence-corrected chi connectivity index (χ2v) is 6.51. The molecule has 7 heteroatoms. The molecule has 0 saturated carbocycles. The van der Waals surface area contributed by atoms with E-state index in [1.165, 1.54) is 0 Å². The Hall–Kier alpha value is -3.06. The van der Waals surface area contributed by atoms with Gasteiger partial charge in [-0.3, -0.25) is 9.59 Å². The van der Waals surface area contributed by atoms with Gasteiger partial charge >= 0.3 is 0 Å². The number of likely N-dealkylation sites (N-methyl/N-ethyl adjacent to an activating group) is 1. The molecule has 0 radical (unpaired) electrons. The van der Waals surface area contributed by atoms with Gasteiger partial charge < -0.3 is 25.0 Å². The van der Waals surface area contributed by atoms with E-state index in [4.69, 9.17) is 9.47 Å². The third-order valence-electron chi connectivity index (χ3n) is 4.13. The van der Waals surface area contributed by atoms with Crippen molar-refractivity contribution in [3.8, 4) is 11.5 Å². The van der Waals surface area contributed by atoms with Gasteiger partial charge in [0.05, 0.1) is 31.9 Å². The van der Waals surface area contributed by atoms with E-state index in [9.17, 15) is 9.59 Å². The van der Waals surface area contributed by atoms with Crippen molar-refractivity contribution in [3.05, 3.63) is 53.6 Å². The van der Waals surface area contributed by atoms with E-state index < -0.39 is 0 Å². The minimum atomic E-state index is -0.250. The Kier molecular flexibility index (Phi) is 7.83. The number of anilines is 1. The number of nitrogens with one attached hydrogen (secondary N) is 2. The molecule has 2 rings (SSSR count). The second kappa shape index (κ2) is 10.3. The fraction of sp³-hybridized carbons (Fsp3) is 0.333. The predicted molar refractivity (Wildman–Crippen MR) is 109 cm³/mol. The maximum atomic E-state index is 12.6. The van der Waals surface area contributed by atoms with E-state index in [0.717, 1.165) is 6.54 Å². The highest BCUT2D eigenvalue weighted by Gasteiger charge is 2.15. The number of ether oxygens (including phenoxy) is 2. The predicted octanol–water partition coefficient (Wildman–Crippen LogP) is 2.18. The first kappa shape index (κ1) is 21.2. The van der Waals surface area contributed by atoms with Crippen LogP contribution in [0.2, 0.25) is 0 Å². The number of methoxy groups -OCH3 is 2. The number of amides is 2. The fourth-order valence-electron chi connectivity index (χ4n) is 2.67. The fourth-order valence-corrected chi connectivity index (χ4v) is 2.67. The standard InChI is InChI=1S/C21H27N3O4/c1-24(2)12-11-22-21(26)17-7-5-6-8-18(17)23-20(25)14-15-13-16(27-3)9-10-19(15)28-4/h5-10,13H,11-12,14H2,1-4H3,(H,22,26)(H,23,25). The molecule has 0 spiro atoms. The summed E-state index contributed by atoms with van der Waals surface area (Å²) in [5.74, 6) is 0.770. The van der Waals surface area contributed by atoms with Crippen LogP contribution in [0.25, 0.3) is 0 Å². The lowest BCUT2D eigenvalue weighted by atomic mass is 10.1. The zero-order chi connectivity index (χ0) is 20.5. The van der Waals surface area contributed by atoms with Crippen molar-refractivity contribution in [1.82, 2.24) is 10.2 Å². The summed E-state index contributed by atoms with van der Waals surface area (Å²) < 4.78 is 10.5. The molecule has 0 bridgehead atoms. The van der Waals surface area contributed by atoms with Crippen LogP contribution in [0.4, 0.5) is 5.69 Å². The third kappa shape index (κ3) is 5.99. The summed E-state index contributed by atoms with van der Waals surface area (Å²) in [5.41, 5.74) is 1.59. The van der Waals surface area contributed by atoms with Crippen molar-refractivity contribution in [3.63, 3.8) is 0 Å². The molecule has 150 valence electrons. The highest BCUT2D eigenvalue weighted by Crippen LogP contribution is 2.25. The molecule has 0 aliphatic rings. The maximum absolute atomic E-state index is 12.6. The Morgan fingerprint density at radius 3 is 2.46 bits per heavy atom. The van der Waals surface area contributed by atoms with Gasteiger partial charge in [0.1, 0.15) is 11.5 Å². The normalized spacial score (nSPS) is 10.5. The monoisotopic (exact) mass is 385 g/mol. The highest BCUT2D eigenvalue weighted by atomic mass is 16.5. The van der Waals surface area contributed by atoms with E-state index in [0.29, 0.717) is 34.9 Å². The first-order chi connectivity index (χ1) is 13.4. The van der Waals surface area contributed by atoms with Crippen molar-refractivity contribution in [2.75, 3.05) is 46.7 Å². The molecule has 0 aliphatic heterocycles. The summed E-state index contributed by atoms with van der Waals surface area (Å²) in [7, 11) is 6.99. The van der Waals surface area contributed by atoms with Crippen LogP contribution in [0.1, 0.15) is 15.9 Å². The Labute approximate surface area is 165 Å². The minimum absolute atomic E-state index is 0.0942. The van der Waals surface area contributed by atoms with Crippen LogP contribution in [0.5, 0.6) is 11.5 Å². The number of para-hydroxylation sites is 1. The van der Waals surface area contributed by atoms with Crippen molar-refractivity contribution >= 4 is 17.5 Å². The van der Waals surface area contributed by atoms with Crippen molar-refractivity contribution in [1.29, 1.82) is 0 Å². The van der Waals surface area contributed by atoms with Crippen LogP contribution in [0, 0.1) is 0 Å². The van der Waals surface area contributed by atoms with Gasteiger partial charge in [0.2, 0.25) is 5.91 Å². The molecular formula is C21H27N3O4. The Morgan fingerprint density at radius 2 is 1.79 bits per heavy atom. The Morgan fingerprint density at radius 1 is 1.04 bits per heavy atom. The van der Waals surface area contributed by atoms with E-state index in [1.807, 2.05) is 19.0 Å². The summed E-state index contributed by atoms with van der Waals surface area (Å²) in [4.78, 5) is 27.0. The minimum Gasteiger partial charge on any atom is -0.497 e. The van der Waals surface area contributed by atoms with Gasteiger partial charge in [-0.15, -0.1) is 0 Å². The molecule has 2 aromatic carbocycles. The summed E-state index contributed by atoms with van der Waals surface area (Å²) in [5, 5.41) is 5.68. The van der Waals surface area contributed by atoms with E-state index in [-0.39, 0.29) is 18.2 Å². The Bertz CT molecular complexity index is 821. The SMILES string of the molecule is COc1ccc(OC)c(CC(=O)Nc2ccccc2C(=O)NCCN(C)C)c1. The zero-order valence-electron chi connectivity index (χ0n) is 16.7. The van der Waals surface area contributed by atoms with Gasteiger partial charge in [-0.25, -0.2) is 0 Å². The smallest absolute Gasteiger partial charge is 0.253 e. The number of rotatable bonds is 9. The molecule has 0 heterocycles. The van der Waals surface area contributed by atoms with Gasteiger partial charge in [0, 0.05) is 18.7 Å². The third-order valence-corrected chi connectivity index (χ3v) is 4.13. The highest BCUT2D eigenvalue weighted by molar-refractivity contribution is 6.04. The first-order valence-corrected chi connectivity index (χ1v) is 8.97. The Balaban J connectivity index is 2.09. The number of carbonyl (C=O) groups is 2. The molecule has 7 nitrogen and oxygen atoms in total. The van der Waals surface area contributed by atoms with Crippen LogP contribution in [0.15, 0.2) is 42.5 Å². The van der Waals surface area contributed by atoms with E-state index >= 15 is 0 Å². The first-order valence-electron chi connectivity index (χ1n) is 8.97. The molecular weight excluding hydrogens is 358 g/mol. The van der Waals surface area contributed by atoms with Crippen molar-refractivity contribution < 1.29 is 19.1 Å². The molecule has 0 saturated heterocycles. The summed E-state index contributed by atoms with van der Waals surface area (Å²) in [6.45, 7) is 1.25. The number of carbonyl (C=O) groups excluding carboxylic acids is 2. The quantitative estimate of drug-likeness (QED) is 0.692. The van der Waals surface area contributed by atoms with E-state index in [1.54, 1.807) is 56.7 Å². The molecule has 2 amide bonds. The largest absolute Gasteiger partial charge is 0.497 e. The summed E-state index contributed by atoms with van der Waals surface area (Å²) >= 11 is 0. The lowest BCUT2D eigenvalue weighted by Crippen LogP contribution is -2.32. The molecule has 0 atom stereocenters. The van der Waals surface area contributed by atoms with Crippen LogP contribution in [-0.2, 0) is 11.2 Å². The molecule has 2 aromatic rings. The van der Waals surface area contributed by atoms with Crippen LogP contribution >= 0.6 is 0 Å². The maximum Gasteiger partial charge on any atom is 0.253 e. The van der Waals surface area contributed by atoms with Gasteiger partial charge in [-0.05, 0) is 44.4 Å². The molecule has 0 fully saturated rings. The van der Waals surface area contributed by atoms with Gasteiger partial charge in [-0.2, -0.15) is 0 Å². The number of hydrogen-bond acceptors (Lipinski definition) is 5.